The van der Waals surface area contributed by atoms with Crippen molar-refractivity contribution >= 4 is 27.5 Å². The minimum Gasteiger partial charge on any atom is -0.394 e. The van der Waals surface area contributed by atoms with Gasteiger partial charge in [0.1, 0.15) is 24.4 Å². The SMILES string of the molecule is O=C(CCCCC1CCSS1)N[C@@H]1[C@@H](O)[C@H](O)[C@@H](CO)O[C@H]1O. The Bertz CT molecular complexity index is 382. The van der Waals surface area contributed by atoms with Crippen LogP contribution in [0.1, 0.15) is 32.1 Å². The second-order valence-electron chi connectivity index (χ2n) is 5.90. The van der Waals surface area contributed by atoms with Crippen LogP contribution in [0.2, 0.25) is 0 Å². The molecule has 2 heterocycles. The van der Waals surface area contributed by atoms with Crippen molar-refractivity contribution in [1.29, 1.82) is 0 Å². The summed E-state index contributed by atoms with van der Waals surface area (Å²) in [6, 6.07) is -1.10. The van der Waals surface area contributed by atoms with Crippen molar-refractivity contribution in [3.63, 3.8) is 0 Å². The lowest BCUT2D eigenvalue weighted by Gasteiger charge is -2.40. The molecule has 0 aromatic carbocycles. The number of amides is 1. The van der Waals surface area contributed by atoms with Crippen LogP contribution in [-0.2, 0) is 9.53 Å². The van der Waals surface area contributed by atoms with Gasteiger partial charge in [0.2, 0.25) is 5.91 Å². The van der Waals surface area contributed by atoms with E-state index in [1.165, 1.54) is 12.2 Å². The van der Waals surface area contributed by atoms with Crippen molar-refractivity contribution in [2.45, 2.75) is 68.0 Å². The molecule has 1 unspecified atom stereocenters. The van der Waals surface area contributed by atoms with Crippen LogP contribution in [0.15, 0.2) is 0 Å². The van der Waals surface area contributed by atoms with Crippen molar-refractivity contribution < 1.29 is 30.0 Å². The smallest absolute Gasteiger partial charge is 0.220 e. The van der Waals surface area contributed by atoms with Crippen molar-refractivity contribution in [2.24, 2.45) is 0 Å². The van der Waals surface area contributed by atoms with Gasteiger partial charge in [0.15, 0.2) is 6.29 Å². The Morgan fingerprint density at radius 1 is 1.22 bits per heavy atom. The van der Waals surface area contributed by atoms with E-state index in [1.54, 1.807) is 0 Å². The minimum atomic E-state index is -1.46. The van der Waals surface area contributed by atoms with E-state index in [0.717, 1.165) is 19.3 Å². The second kappa shape index (κ2) is 9.45. The molecule has 6 atom stereocenters. The van der Waals surface area contributed by atoms with Crippen molar-refractivity contribution in [3.05, 3.63) is 0 Å². The molecule has 2 aliphatic heterocycles. The number of nitrogens with one attached hydrogen (secondary N) is 1. The molecule has 1 amide bonds. The highest BCUT2D eigenvalue weighted by Gasteiger charge is 2.44. The summed E-state index contributed by atoms with van der Waals surface area (Å²) in [4.78, 5) is 11.9. The summed E-state index contributed by atoms with van der Waals surface area (Å²) in [6.07, 6.45) is -0.917. The highest BCUT2D eigenvalue weighted by atomic mass is 33.1. The van der Waals surface area contributed by atoms with Crippen LogP contribution >= 0.6 is 21.6 Å². The van der Waals surface area contributed by atoms with Gasteiger partial charge in [0.25, 0.3) is 0 Å². The maximum Gasteiger partial charge on any atom is 0.220 e. The van der Waals surface area contributed by atoms with Crippen LogP contribution in [-0.4, -0.2) is 74.6 Å². The zero-order chi connectivity index (χ0) is 16.8. The molecule has 0 spiro atoms. The number of aliphatic hydroxyl groups excluding tert-OH is 4. The van der Waals surface area contributed by atoms with Crippen LogP contribution in [0.5, 0.6) is 0 Å². The summed E-state index contributed by atoms with van der Waals surface area (Å²) in [7, 11) is 3.82. The largest absolute Gasteiger partial charge is 0.394 e. The van der Waals surface area contributed by atoms with Crippen LogP contribution in [0.3, 0.4) is 0 Å². The van der Waals surface area contributed by atoms with E-state index < -0.39 is 37.3 Å². The van der Waals surface area contributed by atoms with Crippen LogP contribution < -0.4 is 5.32 Å². The third-order valence-corrected chi connectivity index (χ3v) is 7.14. The number of aliphatic hydroxyl groups is 4. The maximum atomic E-state index is 11.9. The summed E-state index contributed by atoms with van der Waals surface area (Å²) in [5.41, 5.74) is 0. The Morgan fingerprint density at radius 2 is 2.00 bits per heavy atom. The Labute approximate surface area is 143 Å². The van der Waals surface area contributed by atoms with Gasteiger partial charge in [0, 0.05) is 17.4 Å². The first kappa shape index (κ1) is 19.3. The molecule has 0 bridgehead atoms. The molecule has 0 aromatic heterocycles. The zero-order valence-electron chi connectivity index (χ0n) is 12.8. The molecule has 2 aliphatic rings. The molecule has 23 heavy (non-hydrogen) atoms. The first-order valence-corrected chi connectivity index (χ1v) is 10.3. The normalized spacial score (nSPS) is 37.7. The maximum absolute atomic E-state index is 11.9. The summed E-state index contributed by atoms with van der Waals surface area (Å²) < 4.78 is 5.00. The van der Waals surface area contributed by atoms with Gasteiger partial charge in [0.05, 0.1) is 6.61 Å². The molecule has 2 saturated heterocycles. The number of carbonyl (C=O) groups is 1. The fourth-order valence-electron chi connectivity index (χ4n) is 2.73. The molecule has 0 radical (unpaired) electrons. The fraction of sp³-hybridized carbons (Fsp3) is 0.929. The Balaban J connectivity index is 1.69. The van der Waals surface area contributed by atoms with Crippen LogP contribution in [0.25, 0.3) is 0 Å². The topological polar surface area (TPSA) is 119 Å². The molecule has 0 aliphatic carbocycles. The highest BCUT2D eigenvalue weighted by Crippen LogP contribution is 2.39. The van der Waals surface area contributed by atoms with E-state index in [9.17, 15) is 20.1 Å². The third-order valence-electron chi connectivity index (χ3n) is 4.14. The fourth-order valence-corrected chi connectivity index (χ4v) is 5.76. The lowest BCUT2D eigenvalue weighted by Crippen LogP contribution is -2.64. The van der Waals surface area contributed by atoms with E-state index in [4.69, 9.17) is 9.84 Å². The molecule has 134 valence electrons. The van der Waals surface area contributed by atoms with Crippen molar-refractivity contribution in [3.8, 4) is 0 Å². The lowest BCUT2D eigenvalue weighted by atomic mass is 9.97. The molecular weight excluding hydrogens is 342 g/mol. The van der Waals surface area contributed by atoms with E-state index in [-0.39, 0.29) is 5.91 Å². The minimum absolute atomic E-state index is 0.292. The Kier molecular flexibility index (Phi) is 7.93. The third kappa shape index (κ3) is 5.48. The number of ether oxygens (including phenoxy) is 1. The average molecular weight is 367 g/mol. The molecule has 2 rings (SSSR count). The number of unbranched alkanes of at least 4 members (excludes halogenated alkanes) is 1. The molecule has 7 nitrogen and oxygen atoms in total. The average Bonchev–Trinajstić information content (AvgIpc) is 3.05. The van der Waals surface area contributed by atoms with Gasteiger partial charge < -0.3 is 30.5 Å². The van der Waals surface area contributed by atoms with Gasteiger partial charge in [-0.2, -0.15) is 0 Å². The summed E-state index contributed by atoms with van der Waals surface area (Å²) in [5.74, 6) is 0.907. The number of rotatable bonds is 7. The number of carbonyl (C=O) groups excluding carboxylic acids is 1. The highest BCUT2D eigenvalue weighted by molar-refractivity contribution is 8.77. The standard InChI is InChI=1S/C14H25NO6S2/c16-7-9-12(18)13(19)11(14(20)21-9)15-10(17)4-2-1-3-8-5-6-22-23-8/h8-9,11-14,16,18-20H,1-7H2,(H,15,17)/t8?,9-,11-,12-,13-,14-/m1/s1. The quantitative estimate of drug-likeness (QED) is 0.305. The van der Waals surface area contributed by atoms with Gasteiger partial charge >= 0.3 is 0 Å². The van der Waals surface area contributed by atoms with Crippen LogP contribution in [0.4, 0.5) is 0 Å². The molecule has 2 fully saturated rings. The van der Waals surface area contributed by atoms with Gasteiger partial charge in [-0.1, -0.05) is 28.0 Å². The molecular formula is C14H25NO6S2. The summed E-state index contributed by atoms with van der Waals surface area (Å²) in [6.45, 7) is -0.520. The Hall–Kier alpha value is -0.0300. The molecule has 5 N–H and O–H groups in total. The summed E-state index contributed by atoms with van der Waals surface area (Å²) in [5, 5.41) is 41.7. The summed E-state index contributed by atoms with van der Waals surface area (Å²) >= 11 is 0. The lowest BCUT2D eigenvalue weighted by molar-refractivity contribution is -0.253. The number of hydrogen-bond acceptors (Lipinski definition) is 8. The molecule has 0 aromatic rings. The van der Waals surface area contributed by atoms with Crippen molar-refractivity contribution in [1.82, 2.24) is 5.32 Å². The van der Waals surface area contributed by atoms with E-state index in [1.807, 2.05) is 21.6 Å². The van der Waals surface area contributed by atoms with Crippen molar-refractivity contribution in [2.75, 3.05) is 12.4 Å². The van der Waals surface area contributed by atoms with E-state index in [2.05, 4.69) is 5.32 Å². The van der Waals surface area contributed by atoms with Gasteiger partial charge in [-0.3, -0.25) is 4.79 Å². The first-order chi connectivity index (χ1) is 11.0. The molecule has 9 heteroatoms. The Morgan fingerprint density at radius 3 is 2.65 bits per heavy atom. The monoisotopic (exact) mass is 367 g/mol. The predicted molar refractivity (Wildman–Crippen MR) is 88.8 cm³/mol. The van der Waals surface area contributed by atoms with E-state index in [0.29, 0.717) is 11.7 Å². The van der Waals surface area contributed by atoms with E-state index >= 15 is 0 Å². The zero-order valence-corrected chi connectivity index (χ0v) is 14.5. The molecule has 0 saturated carbocycles. The predicted octanol–water partition coefficient (Wildman–Crippen LogP) is -0.383. The first-order valence-electron chi connectivity index (χ1n) is 7.91. The van der Waals surface area contributed by atoms with Gasteiger partial charge in [-0.15, -0.1) is 0 Å². The van der Waals surface area contributed by atoms with Gasteiger partial charge in [-0.05, 0) is 19.3 Å². The number of hydrogen-bond donors (Lipinski definition) is 5. The van der Waals surface area contributed by atoms with Gasteiger partial charge in [-0.25, -0.2) is 0 Å². The second-order valence-corrected chi connectivity index (χ2v) is 8.68. The van der Waals surface area contributed by atoms with Crippen LogP contribution in [0, 0.1) is 0 Å².